The Morgan fingerprint density at radius 2 is 1.90 bits per heavy atom. The van der Waals surface area contributed by atoms with Crippen molar-refractivity contribution in [3.05, 3.63) is 54.9 Å². The lowest BCUT2D eigenvalue weighted by atomic mass is 10.2. The van der Waals surface area contributed by atoms with E-state index in [1.54, 1.807) is 0 Å². The molecule has 0 unspecified atom stereocenters. The number of imidazole rings is 1. The molecule has 20 heavy (non-hydrogen) atoms. The molecule has 0 spiro atoms. The number of benzene rings is 2. The van der Waals surface area contributed by atoms with E-state index in [2.05, 4.69) is 10.3 Å². The maximum atomic E-state index is 11.3. The Balaban J connectivity index is 1.93. The average molecular weight is 265 g/mol. The minimum Gasteiger partial charge on any atom is -0.326 e. The van der Waals surface area contributed by atoms with Crippen LogP contribution in [-0.2, 0) is 4.79 Å². The van der Waals surface area contributed by atoms with E-state index in [0.717, 1.165) is 22.4 Å². The van der Waals surface area contributed by atoms with Crippen molar-refractivity contribution in [1.29, 1.82) is 0 Å². The highest BCUT2D eigenvalue weighted by atomic mass is 16.1. The summed E-state index contributed by atoms with van der Waals surface area (Å²) in [5, 5.41) is 2.84. The Kier molecular flexibility index (Phi) is 3.21. The third-order valence-corrected chi connectivity index (χ3v) is 3.20. The predicted molar refractivity (Wildman–Crippen MR) is 80.0 cm³/mol. The molecule has 3 rings (SSSR count). The molecule has 0 aliphatic carbocycles. The number of fused-ring (bicyclic) bond motifs is 1. The number of rotatable bonds is 3. The van der Waals surface area contributed by atoms with Crippen LogP contribution in [0.3, 0.4) is 0 Å². The van der Waals surface area contributed by atoms with Crippen LogP contribution in [-0.4, -0.2) is 15.5 Å². The molecule has 1 N–H and O–H groups in total. The number of nitrogens with zero attached hydrogens (tertiary/aromatic N) is 2. The first kappa shape index (κ1) is 12.4. The molecule has 0 saturated carbocycles. The van der Waals surface area contributed by atoms with Crippen LogP contribution < -0.4 is 5.32 Å². The van der Waals surface area contributed by atoms with E-state index < -0.39 is 0 Å². The van der Waals surface area contributed by atoms with Crippen molar-refractivity contribution in [2.75, 3.05) is 5.32 Å². The largest absolute Gasteiger partial charge is 0.326 e. The fraction of sp³-hybridized carbons (Fsp3) is 0.125. The molecule has 1 aromatic heterocycles. The standard InChI is InChI=1S/C16H15N3O/c1-2-16(20)18-12-7-9-13(10-8-12)19-11-17-14-5-3-4-6-15(14)19/h3-11H,2H2,1H3,(H,18,20). The summed E-state index contributed by atoms with van der Waals surface area (Å²) in [7, 11) is 0. The molecule has 1 amide bonds. The molecule has 0 saturated heterocycles. The molecule has 4 nitrogen and oxygen atoms in total. The molecule has 2 aromatic carbocycles. The van der Waals surface area contributed by atoms with E-state index in [1.807, 2.05) is 66.3 Å². The number of carbonyl (C=O) groups is 1. The summed E-state index contributed by atoms with van der Waals surface area (Å²) in [6.45, 7) is 1.83. The van der Waals surface area contributed by atoms with Gasteiger partial charge in [-0.2, -0.15) is 0 Å². The van der Waals surface area contributed by atoms with Gasteiger partial charge in [0.05, 0.1) is 11.0 Å². The zero-order chi connectivity index (χ0) is 13.9. The van der Waals surface area contributed by atoms with E-state index in [9.17, 15) is 4.79 Å². The molecule has 4 heteroatoms. The second kappa shape index (κ2) is 5.17. The van der Waals surface area contributed by atoms with Gasteiger partial charge in [-0.05, 0) is 36.4 Å². The third-order valence-electron chi connectivity index (χ3n) is 3.20. The smallest absolute Gasteiger partial charge is 0.224 e. The Morgan fingerprint density at radius 3 is 2.65 bits per heavy atom. The van der Waals surface area contributed by atoms with Gasteiger partial charge >= 0.3 is 0 Å². The number of carbonyl (C=O) groups excluding carboxylic acids is 1. The summed E-state index contributed by atoms with van der Waals surface area (Å²) < 4.78 is 2.03. The van der Waals surface area contributed by atoms with E-state index in [1.165, 1.54) is 0 Å². The fourth-order valence-electron chi connectivity index (χ4n) is 2.12. The monoisotopic (exact) mass is 265 g/mol. The molecule has 0 atom stereocenters. The van der Waals surface area contributed by atoms with Gasteiger partial charge in [-0.1, -0.05) is 19.1 Å². The normalized spacial score (nSPS) is 10.7. The van der Waals surface area contributed by atoms with Gasteiger partial charge in [-0.3, -0.25) is 9.36 Å². The van der Waals surface area contributed by atoms with Crippen LogP contribution in [0.25, 0.3) is 16.7 Å². The summed E-state index contributed by atoms with van der Waals surface area (Å²) >= 11 is 0. The van der Waals surface area contributed by atoms with Gasteiger partial charge in [0.25, 0.3) is 0 Å². The van der Waals surface area contributed by atoms with E-state index >= 15 is 0 Å². The number of anilines is 1. The van der Waals surface area contributed by atoms with Crippen molar-refractivity contribution >= 4 is 22.6 Å². The summed E-state index contributed by atoms with van der Waals surface area (Å²) in [6, 6.07) is 15.7. The Hall–Kier alpha value is -2.62. The molecule has 0 aliphatic rings. The first-order valence-electron chi connectivity index (χ1n) is 6.60. The Morgan fingerprint density at radius 1 is 1.15 bits per heavy atom. The molecular formula is C16H15N3O. The molecule has 0 fully saturated rings. The maximum Gasteiger partial charge on any atom is 0.224 e. The SMILES string of the molecule is CCC(=O)Nc1ccc(-n2cnc3ccccc32)cc1. The predicted octanol–water partition coefficient (Wildman–Crippen LogP) is 3.37. The van der Waals surface area contributed by atoms with Crippen molar-refractivity contribution in [3.63, 3.8) is 0 Å². The lowest BCUT2D eigenvalue weighted by molar-refractivity contribution is -0.115. The van der Waals surface area contributed by atoms with Crippen LogP contribution in [0.2, 0.25) is 0 Å². The van der Waals surface area contributed by atoms with Crippen LogP contribution in [0.1, 0.15) is 13.3 Å². The van der Waals surface area contributed by atoms with Crippen LogP contribution in [0.5, 0.6) is 0 Å². The van der Waals surface area contributed by atoms with Gasteiger partial charge in [0.2, 0.25) is 5.91 Å². The zero-order valence-electron chi connectivity index (χ0n) is 11.2. The van der Waals surface area contributed by atoms with E-state index in [4.69, 9.17) is 0 Å². The van der Waals surface area contributed by atoms with Crippen molar-refractivity contribution in [1.82, 2.24) is 9.55 Å². The summed E-state index contributed by atoms with van der Waals surface area (Å²) in [6.07, 6.45) is 2.29. The Bertz CT molecular complexity index is 744. The third kappa shape index (κ3) is 2.28. The van der Waals surface area contributed by atoms with Crippen LogP contribution >= 0.6 is 0 Å². The van der Waals surface area contributed by atoms with Crippen molar-refractivity contribution in [2.24, 2.45) is 0 Å². The molecular weight excluding hydrogens is 250 g/mol. The second-order valence-corrected chi connectivity index (χ2v) is 4.55. The zero-order valence-corrected chi connectivity index (χ0v) is 11.2. The highest BCUT2D eigenvalue weighted by Gasteiger charge is 2.04. The molecule has 0 bridgehead atoms. The molecule has 1 heterocycles. The quantitative estimate of drug-likeness (QED) is 0.789. The molecule has 0 aliphatic heterocycles. The van der Waals surface area contributed by atoms with Gasteiger partial charge in [-0.25, -0.2) is 4.98 Å². The van der Waals surface area contributed by atoms with Gasteiger partial charge in [0, 0.05) is 17.8 Å². The van der Waals surface area contributed by atoms with E-state index in [0.29, 0.717) is 6.42 Å². The number of hydrogen-bond donors (Lipinski definition) is 1. The first-order valence-corrected chi connectivity index (χ1v) is 6.60. The summed E-state index contributed by atoms with van der Waals surface area (Å²) in [5.41, 5.74) is 3.87. The molecule has 100 valence electrons. The fourth-order valence-corrected chi connectivity index (χ4v) is 2.12. The number of amides is 1. The number of hydrogen-bond acceptors (Lipinski definition) is 2. The molecule has 0 radical (unpaired) electrons. The minimum absolute atomic E-state index is 0.0193. The summed E-state index contributed by atoms with van der Waals surface area (Å²) in [4.78, 5) is 15.7. The van der Waals surface area contributed by atoms with Gasteiger partial charge < -0.3 is 5.32 Å². The van der Waals surface area contributed by atoms with Crippen molar-refractivity contribution < 1.29 is 4.79 Å². The minimum atomic E-state index is 0.0193. The van der Waals surface area contributed by atoms with Gasteiger partial charge in [0.1, 0.15) is 6.33 Å². The number of nitrogens with one attached hydrogen (secondary N) is 1. The highest BCUT2D eigenvalue weighted by molar-refractivity contribution is 5.90. The highest BCUT2D eigenvalue weighted by Crippen LogP contribution is 2.19. The average Bonchev–Trinajstić information content (AvgIpc) is 2.92. The lowest BCUT2D eigenvalue weighted by Gasteiger charge is -2.07. The topological polar surface area (TPSA) is 46.9 Å². The van der Waals surface area contributed by atoms with Crippen molar-refractivity contribution in [2.45, 2.75) is 13.3 Å². The maximum absolute atomic E-state index is 11.3. The van der Waals surface area contributed by atoms with Gasteiger partial charge in [-0.15, -0.1) is 0 Å². The van der Waals surface area contributed by atoms with Crippen molar-refractivity contribution in [3.8, 4) is 5.69 Å². The Labute approximate surface area is 117 Å². The number of aromatic nitrogens is 2. The van der Waals surface area contributed by atoms with E-state index in [-0.39, 0.29) is 5.91 Å². The van der Waals surface area contributed by atoms with Gasteiger partial charge in [0.15, 0.2) is 0 Å². The first-order chi connectivity index (χ1) is 9.78. The van der Waals surface area contributed by atoms with Crippen LogP contribution in [0.15, 0.2) is 54.9 Å². The number of para-hydroxylation sites is 2. The lowest BCUT2D eigenvalue weighted by Crippen LogP contribution is -2.09. The van der Waals surface area contributed by atoms with Crippen LogP contribution in [0, 0.1) is 0 Å². The molecule has 3 aromatic rings. The second-order valence-electron chi connectivity index (χ2n) is 4.55. The summed E-state index contributed by atoms with van der Waals surface area (Å²) in [5.74, 6) is 0.0193. The van der Waals surface area contributed by atoms with Crippen LogP contribution in [0.4, 0.5) is 5.69 Å².